The van der Waals surface area contributed by atoms with Crippen molar-refractivity contribution in [1.29, 1.82) is 0 Å². The number of carbonyl (C=O) groups excluding carboxylic acids is 1. The highest BCUT2D eigenvalue weighted by Crippen LogP contribution is 2.21. The molecule has 2 aromatic heterocycles. The van der Waals surface area contributed by atoms with Gasteiger partial charge in [-0.1, -0.05) is 24.3 Å². The summed E-state index contributed by atoms with van der Waals surface area (Å²) < 4.78 is 1.46. The molecule has 0 saturated carbocycles. The van der Waals surface area contributed by atoms with Gasteiger partial charge >= 0.3 is 0 Å². The number of amides is 1. The quantitative estimate of drug-likeness (QED) is 0.557. The number of benzene rings is 2. The van der Waals surface area contributed by atoms with Crippen LogP contribution in [0, 0.1) is 0 Å². The molecule has 5 rings (SSSR count). The van der Waals surface area contributed by atoms with Gasteiger partial charge in [0.05, 0.1) is 22.5 Å². The average Bonchev–Trinajstić information content (AvgIpc) is 2.65. The molecule has 2 aromatic carbocycles. The van der Waals surface area contributed by atoms with Gasteiger partial charge < -0.3 is 10.2 Å². The van der Waals surface area contributed by atoms with Gasteiger partial charge in [-0.15, -0.1) is 0 Å². The molecule has 6 nitrogen and oxygen atoms in total. The van der Waals surface area contributed by atoms with E-state index in [9.17, 15) is 9.59 Å². The third kappa shape index (κ3) is 2.57. The van der Waals surface area contributed by atoms with Crippen LogP contribution >= 0.6 is 0 Å². The molecule has 0 bridgehead atoms. The van der Waals surface area contributed by atoms with Gasteiger partial charge in [-0.3, -0.25) is 14.0 Å². The number of nitrogens with zero attached hydrogens (tertiary/aromatic N) is 3. The number of nitrogens with one attached hydrogen (secondary N) is 1. The highest BCUT2D eigenvalue weighted by molar-refractivity contribution is 6.02. The molecule has 0 unspecified atom stereocenters. The Morgan fingerprint density at radius 1 is 1.11 bits per heavy atom. The van der Waals surface area contributed by atoms with E-state index in [1.54, 1.807) is 18.3 Å². The van der Waals surface area contributed by atoms with Crippen LogP contribution in [0.1, 0.15) is 10.4 Å². The Bertz CT molecular complexity index is 1270. The van der Waals surface area contributed by atoms with E-state index in [2.05, 4.69) is 15.2 Å². The zero-order valence-electron chi connectivity index (χ0n) is 14.8. The summed E-state index contributed by atoms with van der Waals surface area (Å²) in [5, 5.41) is 5.57. The van der Waals surface area contributed by atoms with Crippen LogP contribution in [0.15, 0.2) is 59.5 Å². The minimum absolute atomic E-state index is 0.138. The van der Waals surface area contributed by atoms with Crippen molar-refractivity contribution < 1.29 is 4.79 Å². The Morgan fingerprint density at radius 2 is 1.85 bits per heavy atom. The monoisotopic (exact) mass is 358 g/mol. The zero-order chi connectivity index (χ0) is 18.5. The molecule has 3 heterocycles. The molecule has 1 aliphatic heterocycles. The summed E-state index contributed by atoms with van der Waals surface area (Å²) in [5.74, 6) is -0.196. The second-order valence-electron chi connectivity index (χ2n) is 7.14. The molecule has 0 radical (unpaired) electrons. The van der Waals surface area contributed by atoms with Gasteiger partial charge in [0, 0.05) is 19.3 Å². The van der Waals surface area contributed by atoms with Crippen molar-refractivity contribution in [1.82, 2.24) is 19.6 Å². The van der Waals surface area contributed by atoms with Gasteiger partial charge in [-0.05, 0) is 42.1 Å². The molecule has 134 valence electrons. The number of aromatic nitrogens is 2. The number of fused-ring (bicyclic) bond motifs is 3. The molecule has 1 N–H and O–H groups in total. The Hall–Kier alpha value is -3.25. The molecule has 1 aliphatic rings. The van der Waals surface area contributed by atoms with Crippen LogP contribution in [-0.4, -0.2) is 46.4 Å². The van der Waals surface area contributed by atoms with E-state index in [1.807, 2.05) is 43.4 Å². The smallest absolute Gasteiger partial charge is 0.265 e. The molecule has 1 fully saturated rings. The van der Waals surface area contributed by atoms with Crippen molar-refractivity contribution in [3.05, 3.63) is 70.6 Å². The number of pyridine rings is 1. The van der Waals surface area contributed by atoms with Crippen LogP contribution in [0.25, 0.3) is 27.3 Å². The molecule has 0 spiro atoms. The second-order valence-corrected chi connectivity index (χ2v) is 7.14. The van der Waals surface area contributed by atoms with E-state index < -0.39 is 0 Å². The van der Waals surface area contributed by atoms with Crippen molar-refractivity contribution in [2.24, 2.45) is 0 Å². The van der Waals surface area contributed by atoms with Gasteiger partial charge in [0.15, 0.2) is 5.65 Å². The maximum atomic E-state index is 13.0. The van der Waals surface area contributed by atoms with Crippen LogP contribution in [0.2, 0.25) is 0 Å². The SMILES string of the molecule is CN1CC(NC(=O)c2cccn3c(=O)c4cc5ccccc5cc4nc23)C1. The number of hydrogen-bond acceptors (Lipinski definition) is 4. The van der Waals surface area contributed by atoms with Crippen molar-refractivity contribution >= 4 is 33.2 Å². The fourth-order valence-electron chi connectivity index (χ4n) is 3.74. The lowest BCUT2D eigenvalue weighted by atomic mass is 10.1. The molecule has 27 heavy (non-hydrogen) atoms. The Balaban J connectivity index is 1.70. The maximum Gasteiger partial charge on any atom is 0.265 e. The molecular weight excluding hydrogens is 340 g/mol. The van der Waals surface area contributed by atoms with Crippen LogP contribution < -0.4 is 10.9 Å². The third-order valence-electron chi connectivity index (χ3n) is 5.15. The summed E-state index contributed by atoms with van der Waals surface area (Å²) in [4.78, 5) is 32.6. The molecule has 1 amide bonds. The fraction of sp³-hybridized carbons (Fsp3) is 0.190. The van der Waals surface area contributed by atoms with Gasteiger partial charge in [0.2, 0.25) is 0 Å². The lowest BCUT2D eigenvalue weighted by Gasteiger charge is -2.36. The van der Waals surface area contributed by atoms with Gasteiger partial charge in [-0.2, -0.15) is 0 Å². The van der Waals surface area contributed by atoms with E-state index in [4.69, 9.17) is 0 Å². The first-order valence-electron chi connectivity index (χ1n) is 8.93. The molecule has 1 saturated heterocycles. The predicted octanol–water partition coefficient (Wildman–Crippen LogP) is 2.04. The van der Waals surface area contributed by atoms with Crippen molar-refractivity contribution in [3.8, 4) is 0 Å². The van der Waals surface area contributed by atoms with Crippen LogP contribution in [0.3, 0.4) is 0 Å². The molecular formula is C21H18N4O2. The highest BCUT2D eigenvalue weighted by Gasteiger charge is 2.26. The van der Waals surface area contributed by atoms with Crippen LogP contribution in [-0.2, 0) is 0 Å². The van der Waals surface area contributed by atoms with E-state index in [0.29, 0.717) is 22.1 Å². The Morgan fingerprint density at radius 3 is 2.59 bits per heavy atom. The predicted molar refractivity (Wildman–Crippen MR) is 105 cm³/mol. The first-order chi connectivity index (χ1) is 13.1. The minimum atomic E-state index is -0.196. The summed E-state index contributed by atoms with van der Waals surface area (Å²) >= 11 is 0. The summed E-state index contributed by atoms with van der Waals surface area (Å²) in [6.07, 6.45) is 1.66. The van der Waals surface area contributed by atoms with Crippen molar-refractivity contribution in [3.63, 3.8) is 0 Å². The normalized spacial score (nSPS) is 15.3. The van der Waals surface area contributed by atoms with E-state index >= 15 is 0 Å². The first-order valence-corrected chi connectivity index (χ1v) is 8.93. The van der Waals surface area contributed by atoms with Crippen molar-refractivity contribution in [2.75, 3.05) is 20.1 Å². The van der Waals surface area contributed by atoms with E-state index in [-0.39, 0.29) is 17.5 Å². The van der Waals surface area contributed by atoms with Gasteiger partial charge in [-0.25, -0.2) is 4.98 Å². The van der Waals surface area contributed by atoms with Gasteiger partial charge in [0.1, 0.15) is 0 Å². The molecule has 4 aromatic rings. The molecule has 6 heteroatoms. The lowest BCUT2D eigenvalue weighted by molar-refractivity contribution is 0.0859. The van der Waals surface area contributed by atoms with Crippen LogP contribution in [0.4, 0.5) is 0 Å². The van der Waals surface area contributed by atoms with E-state index in [0.717, 1.165) is 23.9 Å². The highest BCUT2D eigenvalue weighted by atomic mass is 16.2. The molecule has 0 aliphatic carbocycles. The number of hydrogen-bond donors (Lipinski definition) is 1. The summed E-state index contributed by atoms with van der Waals surface area (Å²) in [5.41, 5.74) is 1.23. The largest absolute Gasteiger partial charge is 0.347 e. The minimum Gasteiger partial charge on any atom is -0.347 e. The zero-order valence-corrected chi connectivity index (χ0v) is 14.8. The first kappa shape index (κ1) is 16.0. The Labute approximate surface area is 155 Å². The number of rotatable bonds is 2. The fourth-order valence-corrected chi connectivity index (χ4v) is 3.74. The summed E-state index contributed by atoms with van der Waals surface area (Å²) in [7, 11) is 2.01. The average molecular weight is 358 g/mol. The lowest BCUT2D eigenvalue weighted by Crippen LogP contribution is -2.57. The second kappa shape index (κ2) is 5.89. The number of likely N-dealkylation sites (N-methyl/N-ethyl adjacent to an activating group) is 1. The third-order valence-corrected chi connectivity index (χ3v) is 5.15. The molecule has 0 atom stereocenters. The number of carbonyl (C=O) groups is 1. The van der Waals surface area contributed by atoms with Crippen LogP contribution in [0.5, 0.6) is 0 Å². The van der Waals surface area contributed by atoms with Gasteiger partial charge in [0.25, 0.3) is 11.5 Å². The summed E-state index contributed by atoms with van der Waals surface area (Å²) in [6, 6.07) is 15.2. The Kier molecular flexibility index (Phi) is 3.48. The van der Waals surface area contributed by atoms with Crippen molar-refractivity contribution in [2.45, 2.75) is 6.04 Å². The van der Waals surface area contributed by atoms with E-state index in [1.165, 1.54) is 4.40 Å². The maximum absolute atomic E-state index is 13.0. The number of likely N-dealkylation sites (tertiary alicyclic amines) is 1. The summed E-state index contributed by atoms with van der Waals surface area (Å²) in [6.45, 7) is 1.66. The standard InChI is InChI=1S/C21H18N4O2/c1-24-11-15(12-24)22-20(26)16-7-4-8-25-19(16)23-18-10-14-6-3-2-5-13(14)9-17(18)21(25)27/h2-10,15H,11-12H2,1H3,(H,22,26). The topological polar surface area (TPSA) is 66.7 Å².